The van der Waals surface area contributed by atoms with Gasteiger partial charge in [0.1, 0.15) is 0 Å². The minimum atomic E-state index is -0.479. The highest BCUT2D eigenvalue weighted by atomic mass is 16.1. The lowest BCUT2D eigenvalue weighted by Gasteiger charge is -2.16. The van der Waals surface area contributed by atoms with Crippen LogP contribution in [0, 0.1) is 0 Å². The van der Waals surface area contributed by atoms with E-state index in [4.69, 9.17) is 34.4 Å². The molecule has 1 atom stereocenters. The molecule has 0 saturated heterocycles. The number of anilines is 6. The number of rotatable bonds is 3. The van der Waals surface area contributed by atoms with E-state index in [1.54, 1.807) is 25.1 Å². The second-order valence-electron chi connectivity index (χ2n) is 5.23. The van der Waals surface area contributed by atoms with Crippen LogP contribution in [-0.4, -0.2) is 5.78 Å². The summed E-state index contributed by atoms with van der Waals surface area (Å²) in [5.74, 6) is -0.701. The van der Waals surface area contributed by atoms with Crippen LogP contribution in [0.5, 0.6) is 0 Å². The van der Waals surface area contributed by atoms with Gasteiger partial charge in [0.15, 0.2) is 5.78 Å². The first-order chi connectivity index (χ1) is 10.2. The monoisotopic (exact) mass is 300 g/mol. The van der Waals surface area contributed by atoms with Crippen LogP contribution in [0.4, 0.5) is 34.1 Å². The number of Topliss-reactive ketones (excluding diaryl/α,β-unsaturated/α-hetero) is 1. The van der Waals surface area contributed by atoms with Gasteiger partial charge in [-0.1, -0.05) is 13.0 Å². The molecule has 116 valence electrons. The second kappa shape index (κ2) is 5.36. The average molecular weight is 300 g/mol. The molecule has 22 heavy (non-hydrogen) atoms. The summed E-state index contributed by atoms with van der Waals surface area (Å²) in [4.78, 5) is 12.7. The molecule has 12 N–H and O–H groups in total. The largest absolute Gasteiger partial charge is 0.397 e. The van der Waals surface area contributed by atoms with Crippen molar-refractivity contribution in [2.24, 2.45) is 0 Å². The first-order valence-electron chi connectivity index (χ1n) is 6.66. The Balaban J connectivity index is 2.45. The number of hydrogen-bond acceptors (Lipinski definition) is 7. The lowest BCUT2D eigenvalue weighted by atomic mass is 9.90. The van der Waals surface area contributed by atoms with Gasteiger partial charge in [0, 0.05) is 11.5 Å². The Kier molecular flexibility index (Phi) is 3.73. The minimum Gasteiger partial charge on any atom is -0.397 e. The van der Waals surface area contributed by atoms with Crippen molar-refractivity contribution in [3.05, 3.63) is 35.4 Å². The van der Waals surface area contributed by atoms with Gasteiger partial charge in [-0.3, -0.25) is 4.79 Å². The summed E-state index contributed by atoms with van der Waals surface area (Å²) in [7, 11) is 0. The van der Waals surface area contributed by atoms with Crippen molar-refractivity contribution in [1.82, 2.24) is 0 Å². The van der Waals surface area contributed by atoms with Crippen molar-refractivity contribution in [3.8, 4) is 0 Å². The number of benzene rings is 2. The Morgan fingerprint density at radius 2 is 1.45 bits per heavy atom. The maximum Gasteiger partial charge on any atom is 0.172 e. The molecule has 7 nitrogen and oxygen atoms in total. The van der Waals surface area contributed by atoms with E-state index < -0.39 is 5.92 Å². The molecule has 0 aliphatic rings. The average Bonchev–Trinajstić information content (AvgIpc) is 2.50. The van der Waals surface area contributed by atoms with Gasteiger partial charge in [-0.05, 0) is 23.8 Å². The van der Waals surface area contributed by atoms with Gasteiger partial charge >= 0.3 is 0 Å². The Hall–Kier alpha value is -3.09. The molecule has 1 unspecified atom stereocenters. The fourth-order valence-electron chi connectivity index (χ4n) is 2.21. The molecule has 0 saturated carbocycles. The molecule has 0 bridgehead atoms. The molecular weight excluding hydrogens is 280 g/mol. The maximum atomic E-state index is 12.7. The van der Waals surface area contributed by atoms with Crippen molar-refractivity contribution in [2.45, 2.75) is 12.8 Å². The highest BCUT2D eigenvalue weighted by Gasteiger charge is 2.22. The number of hydrogen-bond donors (Lipinski definition) is 6. The Morgan fingerprint density at radius 1 is 0.818 bits per heavy atom. The van der Waals surface area contributed by atoms with Gasteiger partial charge in [0.05, 0.1) is 34.1 Å². The summed E-state index contributed by atoms with van der Waals surface area (Å²) in [6, 6.07) is 6.51. The van der Waals surface area contributed by atoms with Crippen LogP contribution in [0.2, 0.25) is 0 Å². The zero-order chi connectivity index (χ0) is 16.6. The van der Waals surface area contributed by atoms with E-state index in [2.05, 4.69) is 0 Å². The predicted molar refractivity (Wildman–Crippen MR) is 92.1 cm³/mol. The Bertz CT molecular complexity index is 756. The third-order valence-corrected chi connectivity index (χ3v) is 3.75. The highest BCUT2D eigenvalue weighted by Crippen LogP contribution is 2.35. The zero-order valence-electron chi connectivity index (χ0n) is 12.3. The molecule has 2 aromatic carbocycles. The molecule has 2 aromatic rings. The highest BCUT2D eigenvalue weighted by molar-refractivity contribution is 6.09. The summed E-state index contributed by atoms with van der Waals surface area (Å²) < 4.78 is 0. The Labute approximate surface area is 128 Å². The molecule has 7 heteroatoms. The summed E-state index contributed by atoms with van der Waals surface area (Å²) in [5, 5.41) is 0. The van der Waals surface area contributed by atoms with Crippen LogP contribution >= 0.6 is 0 Å². The molecule has 2 rings (SSSR count). The summed E-state index contributed by atoms with van der Waals surface area (Å²) in [6.45, 7) is 1.75. The van der Waals surface area contributed by atoms with Crippen molar-refractivity contribution in [2.75, 3.05) is 34.4 Å². The van der Waals surface area contributed by atoms with Crippen LogP contribution < -0.4 is 34.4 Å². The van der Waals surface area contributed by atoms with Crippen LogP contribution in [0.15, 0.2) is 24.3 Å². The van der Waals surface area contributed by atoms with Gasteiger partial charge in [-0.2, -0.15) is 0 Å². The molecule has 0 amide bonds. The van der Waals surface area contributed by atoms with E-state index in [9.17, 15) is 4.79 Å². The quantitative estimate of drug-likeness (QED) is 0.364. The maximum absolute atomic E-state index is 12.7. The number of nitrogen functional groups attached to an aromatic ring is 6. The van der Waals surface area contributed by atoms with Crippen LogP contribution in [-0.2, 0) is 0 Å². The van der Waals surface area contributed by atoms with Gasteiger partial charge in [0.25, 0.3) is 0 Å². The van der Waals surface area contributed by atoms with Crippen molar-refractivity contribution in [3.63, 3.8) is 0 Å². The van der Waals surface area contributed by atoms with E-state index in [1.165, 1.54) is 6.07 Å². The lowest BCUT2D eigenvalue weighted by Crippen LogP contribution is -2.15. The molecule has 0 aliphatic heterocycles. The molecule has 0 radical (unpaired) electrons. The smallest absolute Gasteiger partial charge is 0.172 e. The second-order valence-corrected chi connectivity index (χ2v) is 5.23. The first-order valence-corrected chi connectivity index (χ1v) is 6.66. The van der Waals surface area contributed by atoms with Gasteiger partial charge in [-0.25, -0.2) is 0 Å². The Morgan fingerprint density at radius 3 is 2.05 bits per heavy atom. The van der Waals surface area contributed by atoms with E-state index in [-0.39, 0.29) is 34.1 Å². The van der Waals surface area contributed by atoms with Gasteiger partial charge < -0.3 is 34.4 Å². The van der Waals surface area contributed by atoms with E-state index in [0.29, 0.717) is 11.4 Å². The van der Waals surface area contributed by atoms with E-state index in [1.807, 2.05) is 0 Å². The SMILES string of the molecule is CC(C(=O)c1cc(N)c(N)c(N)c1N)c1ccc(N)c(N)c1. The number of carbonyl (C=O) groups excluding carboxylic acids is 1. The van der Waals surface area contributed by atoms with Crippen LogP contribution in [0.3, 0.4) is 0 Å². The number of carbonyl (C=O) groups is 1. The summed E-state index contributed by atoms with van der Waals surface area (Å²) in [6.07, 6.45) is 0. The summed E-state index contributed by atoms with van der Waals surface area (Å²) >= 11 is 0. The molecule has 0 heterocycles. The number of nitrogens with two attached hydrogens (primary N) is 6. The van der Waals surface area contributed by atoms with E-state index in [0.717, 1.165) is 5.56 Å². The van der Waals surface area contributed by atoms with Crippen molar-refractivity contribution < 1.29 is 4.79 Å². The number of ketones is 1. The van der Waals surface area contributed by atoms with E-state index >= 15 is 0 Å². The van der Waals surface area contributed by atoms with Crippen molar-refractivity contribution in [1.29, 1.82) is 0 Å². The third kappa shape index (κ3) is 2.44. The normalized spacial score (nSPS) is 12.0. The van der Waals surface area contributed by atoms with Gasteiger partial charge in [0.2, 0.25) is 0 Å². The third-order valence-electron chi connectivity index (χ3n) is 3.75. The molecule has 0 spiro atoms. The zero-order valence-corrected chi connectivity index (χ0v) is 12.3. The minimum absolute atomic E-state index is 0.118. The molecule has 0 aliphatic carbocycles. The van der Waals surface area contributed by atoms with Crippen molar-refractivity contribution >= 4 is 39.9 Å². The van der Waals surface area contributed by atoms with Crippen LogP contribution in [0.1, 0.15) is 28.8 Å². The first kappa shape index (κ1) is 15.3. The molecule has 0 fully saturated rings. The summed E-state index contributed by atoms with van der Waals surface area (Å²) in [5.41, 5.74) is 37.1. The molecular formula is C15H20N6O. The molecule has 0 aromatic heterocycles. The topological polar surface area (TPSA) is 173 Å². The van der Waals surface area contributed by atoms with Crippen LogP contribution in [0.25, 0.3) is 0 Å². The fraction of sp³-hybridized carbons (Fsp3) is 0.133. The predicted octanol–water partition coefficient (Wildman–Crippen LogP) is 1.17. The lowest BCUT2D eigenvalue weighted by molar-refractivity contribution is 0.0967. The fourth-order valence-corrected chi connectivity index (χ4v) is 2.21. The van der Waals surface area contributed by atoms with Gasteiger partial charge in [-0.15, -0.1) is 0 Å². The standard InChI is InChI=1S/C15H20N6O/c1-6(7-2-3-9(16)10(17)4-7)15(22)8-5-11(18)13(20)14(21)12(8)19/h2-6H,16-21H2,1H3.